The molecule has 0 aliphatic carbocycles. The predicted octanol–water partition coefficient (Wildman–Crippen LogP) is 4.57. The van der Waals surface area contributed by atoms with Gasteiger partial charge in [0.2, 0.25) is 17.6 Å². The molecule has 1 atom stereocenters. The number of likely N-dealkylation sites (tertiary alicyclic amines) is 1. The van der Waals surface area contributed by atoms with Crippen LogP contribution in [0.1, 0.15) is 50.6 Å². The minimum atomic E-state index is -0.0423. The average Bonchev–Trinajstić information content (AvgIpc) is 3.31. The number of hydrogen-bond donors (Lipinski definition) is 1. The standard InChI is InChI=1S/C27H34N4O3/c1-27(2,3)22-11-9-20(10-12-22)25-29-24(34-30-25)18-31-15-5-6-21(17-31)26(32)28-16-19-7-13-23(33-4)14-8-19/h7-14,21H,5-6,15-18H2,1-4H3,(H,28,32). The van der Waals surface area contributed by atoms with Gasteiger partial charge in [0.15, 0.2) is 0 Å². The summed E-state index contributed by atoms with van der Waals surface area (Å²) in [4.78, 5) is 19.6. The minimum absolute atomic E-state index is 0.0423. The van der Waals surface area contributed by atoms with E-state index in [1.807, 2.05) is 36.4 Å². The van der Waals surface area contributed by atoms with Crippen molar-refractivity contribution in [2.24, 2.45) is 5.92 Å². The van der Waals surface area contributed by atoms with Crippen LogP contribution in [0.15, 0.2) is 53.1 Å². The minimum Gasteiger partial charge on any atom is -0.497 e. The van der Waals surface area contributed by atoms with Crippen molar-refractivity contribution in [3.63, 3.8) is 0 Å². The van der Waals surface area contributed by atoms with E-state index in [0.29, 0.717) is 31.3 Å². The van der Waals surface area contributed by atoms with Crippen molar-refractivity contribution in [2.45, 2.75) is 52.1 Å². The molecule has 0 saturated carbocycles. The molecule has 0 bridgehead atoms. The van der Waals surface area contributed by atoms with E-state index in [-0.39, 0.29) is 17.2 Å². The highest BCUT2D eigenvalue weighted by atomic mass is 16.5. The number of nitrogens with one attached hydrogen (secondary N) is 1. The fourth-order valence-electron chi connectivity index (χ4n) is 4.24. The maximum atomic E-state index is 12.8. The lowest BCUT2D eigenvalue weighted by Gasteiger charge is -2.30. The Morgan fingerprint density at radius 1 is 1.15 bits per heavy atom. The molecule has 1 aliphatic heterocycles. The topological polar surface area (TPSA) is 80.5 Å². The molecule has 180 valence electrons. The van der Waals surface area contributed by atoms with Crippen LogP contribution in [0.5, 0.6) is 5.75 Å². The fourth-order valence-corrected chi connectivity index (χ4v) is 4.24. The second-order valence-electron chi connectivity index (χ2n) is 9.98. The lowest BCUT2D eigenvalue weighted by atomic mass is 9.87. The first-order valence-electron chi connectivity index (χ1n) is 11.9. The first-order chi connectivity index (χ1) is 16.3. The van der Waals surface area contributed by atoms with Crippen LogP contribution in [-0.2, 0) is 23.3 Å². The zero-order valence-electron chi connectivity index (χ0n) is 20.5. The van der Waals surface area contributed by atoms with Crippen LogP contribution in [0, 0.1) is 5.92 Å². The molecule has 1 amide bonds. The van der Waals surface area contributed by atoms with Crippen molar-refractivity contribution in [3.05, 3.63) is 65.5 Å². The Bertz CT molecular complexity index is 1080. The van der Waals surface area contributed by atoms with Gasteiger partial charge in [0.25, 0.3) is 0 Å². The number of benzene rings is 2. The Labute approximate surface area is 201 Å². The normalized spacial score (nSPS) is 16.9. The van der Waals surface area contributed by atoms with E-state index in [1.165, 1.54) is 5.56 Å². The maximum absolute atomic E-state index is 12.8. The Morgan fingerprint density at radius 2 is 1.88 bits per heavy atom. The molecular formula is C27H34N4O3. The van der Waals surface area contributed by atoms with Gasteiger partial charge in [0, 0.05) is 18.7 Å². The lowest BCUT2D eigenvalue weighted by Crippen LogP contribution is -2.42. The first-order valence-corrected chi connectivity index (χ1v) is 11.9. The van der Waals surface area contributed by atoms with Crippen molar-refractivity contribution < 1.29 is 14.1 Å². The molecule has 1 unspecified atom stereocenters. The molecule has 2 aromatic carbocycles. The number of piperidine rings is 1. The summed E-state index contributed by atoms with van der Waals surface area (Å²) in [7, 11) is 1.64. The van der Waals surface area contributed by atoms with E-state index in [4.69, 9.17) is 9.26 Å². The summed E-state index contributed by atoms with van der Waals surface area (Å²) in [6.45, 7) is 9.25. The van der Waals surface area contributed by atoms with Gasteiger partial charge in [-0.3, -0.25) is 9.69 Å². The summed E-state index contributed by atoms with van der Waals surface area (Å²) in [5, 5.41) is 7.25. The number of methoxy groups -OCH3 is 1. The van der Waals surface area contributed by atoms with E-state index in [1.54, 1.807) is 7.11 Å². The first kappa shape index (κ1) is 24.0. The molecule has 1 aliphatic rings. The number of nitrogens with zero attached hydrogens (tertiary/aromatic N) is 3. The Hall–Kier alpha value is -3.19. The summed E-state index contributed by atoms with van der Waals surface area (Å²) in [6, 6.07) is 16.1. The van der Waals surface area contributed by atoms with Gasteiger partial charge in [-0.25, -0.2) is 0 Å². The molecule has 1 aromatic heterocycles. The summed E-state index contributed by atoms with van der Waals surface area (Å²) in [5.74, 6) is 2.03. The molecule has 1 N–H and O–H groups in total. The Morgan fingerprint density at radius 3 is 2.56 bits per heavy atom. The summed E-state index contributed by atoms with van der Waals surface area (Å²) in [5.41, 5.74) is 3.37. The highest BCUT2D eigenvalue weighted by Gasteiger charge is 2.27. The highest BCUT2D eigenvalue weighted by Crippen LogP contribution is 2.25. The van der Waals surface area contributed by atoms with Crippen LogP contribution in [0.3, 0.4) is 0 Å². The molecule has 1 fully saturated rings. The van der Waals surface area contributed by atoms with Crippen molar-refractivity contribution in [1.29, 1.82) is 0 Å². The van der Waals surface area contributed by atoms with Crippen LogP contribution >= 0.6 is 0 Å². The number of carbonyl (C=O) groups excluding carboxylic acids is 1. The predicted molar refractivity (Wildman–Crippen MR) is 131 cm³/mol. The smallest absolute Gasteiger partial charge is 0.241 e. The van der Waals surface area contributed by atoms with E-state index < -0.39 is 0 Å². The zero-order valence-corrected chi connectivity index (χ0v) is 20.5. The third-order valence-electron chi connectivity index (χ3n) is 6.34. The summed E-state index contributed by atoms with van der Waals surface area (Å²) in [6.07, 6.45) is 1.86. The third-order valence-corrected chi connectivity index (χ3v) is 6.34. The summed E-state index contributed by atoms with van der Waals surface area (Å²) < 4.78 is 10.7. The van der Waals surface area contributed by atoms with E-state index in [9.17, 15) is 4.79 Å². The van der Waals surface area contributed by atoms with Crippen LogP contribution in [0.25, 0.3) is 11.4 Å². The molecule has 0 radical (unpaired) electrons. The number of amides is 1. The van der Waals surface area contributed by atoms with Gasteiger partial charge in [-0.05, 0) is 48.1 Å². The molecular weight excluding hydrogens is 428 g/mol. The van der Waals surface area contributed by atoms with Crippen LogP contribution in [0.4, 0.5) is 0 Å². The maximum Gasteiger partial charge on any atom is 0.241 e. The van der Waals surface area contributed by atoms with Crippen molar-refractivity contribution in [1.82, 2.24) is 20.4 Å². The second-order valence-corrected chi connectivity index (χ2v) is 9.98. The number of aromatic nitrogens is 2. The number of hydrogen-bond acceptors (Lipinski definition) is 6. The van der Waals surface area contributed by atoms with Crippen molar-refractivity contribution in [2.75, 3.05) is 20.2 Å². The van der Waals surface area contributed by atoms with Gasteiger partial charge in [-0.1, -0.05) is 62.3 Å². The zero-order chi connectivity index (χ0) is 24.1. The van der Waals surface area contributed by atoms with E-state index >= 15 is 0 Å². The Balaban J connectivity index is 1.30. The van der Waals surface area contributed by atoms with Gasteiger partial charge >= 0.3 is 0 Å². The van der Waals surface area contributed by atoms with Crippen LogP contribution < -0.4 is 10.1 Å². The van der Waals surface area contributed by atoms with Gasteiger partial charge in [0.1, 0.15) is 5.75 Å². The van der Waals surface area contributed by atoms with Crippen LogP contribution in [0.2, 0.25) is 0 Å². The molecule has 4 rings (SSSR count). The number of ether oxygens (including phenoxy) is 1. The molecule has 2 heterocycles. The largest absolute Gasteiger partial charge is 0.497 e. The SMILES string of the molecule is COc1ccc(CNC(=O)C2CCCN(Cc3nc(-c4ccc(C(C)(C)C)cc4)no3)C2)cc1. The average molecular weight is 463 g/mol. The quantitative estimate of drug-likeness (QED) is 0.554. The van der Waals surface area contributed by atoms with Crippen LogP contribution in [-0.4, -0.2) is 41.1 Å². The lowest BCUT2D eigenvalue weighted by molar-refractivity contribution is -0.127. The van der Waals surface area contributed by atoms with Crippen molar-refractivity contribution in [3.8, 4) is 17.1 Å². The molecule has 3 aromatic rings. The molecule has 34 heavy (non-hydrogen) atoms. The second kappa shape index (κ2) is 10.4. The molecule has 7 nitrogen and oxygen atoms in total. The highest BCUT2D eigenvalue weighted by molar-refractivity contribution is 5.79. The number of carbonyl (C=O) groups is 1. The van der Waals surface area contributed by atoms with Gasteiger partial charge < -0.3 is 14.6 Å². The van der Waals surface area contributed by atoms with Gasteiger partial charge in [0.05, 0.1) is 19.6 Å². The fraction of sp³-hybridized carbons (Fsp3) is 0.444. The van der Waals surface area contributed by atoms with E-state index in [2.05, 4.69) is 53.3 Å². The van der Waals surface area contributed by atoms with E-state index in [0.717, 1.165) is 36.3 Å². The monoisotopic (exact) mass is 462 g/mol. The van der Waals surface area contributed by atoms with Crippen molar-refractivity contribution >= 4 is 5.91 Å². The van der Waals surface area contributed by atoms with Gasteiger partial charge in [-0.15, -0.1) is 0 Å². The Kier molecular flexibility index (Phi) is 7.32. The summed E-state index contributed by atoms with van der Waals surface area (Å²) >= 11 is 0. The molecule has 7 heteroatoms. The molecule has 1 saturated heterocycles. The molecule has 0 spiro atoms. The van der Waals surface area contributed by atoms with Gasteiger partial charge in [-0.2, -0.15) is 4.98 Å². The third kappa shape index (κ3) is 6.03. The number of rotatable bonds is 7.